The lowest BCUT2D eigenvalue weighted by molar-refractivity contribution is -0.117. The Kier molecular flexibility index (Phi) is 7.28. The molecule has 1 amide bonds. The number of ether oxygens (including phenoxy) is 2. The molecule has 1 saturated heterocycles. The van der Waals surface area contributed by atoms with E-state index in [1.54, 1.807) is 7.11 Å². The fraction of sp³-hybridized carbons (Fsp3) is 0.409. The van der Waals surface area contributed by atoms with Gasteiger partial charge in [0.2, 0.25) is 5.91 Å². The van der Waals surface area contributed by atoms with E-state index in [0.717, 1.165) is 49.7 Å². The molecule has 28 heavy (non-hydrogen) atoms. The zero-order chi connectivity index (χ0) is 19.8. The fourth-order valence-corrected chi connectivity index (χ4v) is 3.29. The molecule has 1 aliphatic heterocycles. The Morgan fingerprint density at radius 2 is 1.75 bits per heavy atom. The van der Waals surface area contributed by atoms with Gasteiger partial charge in [0, 0.05) is 32.7 Å². The third-order valence-electron chi connectivity index (χ3n) is 4.88. The Balaban J connectivity index is 1.38. The number of piperazine rings is 1. The summed E-state index contributed by atoms with van der Waals surface area (Å²) in [7, 11) is 1.61. The van der Waals surface area contributed by atoms with E-state index in [9.17, 15) is 4.79 Å². The number of rotatable bonds is 8. The summed E-state index contributed by atoms with van der Waals surface area (Å²) in [5.41, 5.74) is 1.81. The van der Waals surface area contributed by atoms with E-state index in [1.807, 2.05) is 55.5 Å². The molecule has 1 aliphatic rings. The highest BCUT2D eigenvalue weighted by atomic mass is 16.5. The predicted octanol–water partition coefficient (Wildman–Crippen LogP) is 2.64. The van der Waals surface area contributed by atoms with Gasteiger partial charge in [0.1, 0.15) is 18.1 Å². The average molecular weight is 383 g/mol. The number of carbonyl (C=O) groups is 1. The molecule has 0 aromatic heterocycles. The molecule has 0 spiro atoms. The third-order valence-corrected chi connectivity index (χ3v) is 4.88. The van der Waals surface area contributed by atoms with Gasteiger partial charge in [0.15, 0.2) is 0 Å². The number of para-hydroxylation sites is 1. The molecule has 150 valence electrons. The van der Waals surface area contributed by atoms with Gasteiger partial charge in [-0.3, -0.25) is 14.6 Å². The molecule has 0 unspecified atom stereocenters. The maximum Gasteiger partial charge on any atom is 0.238 e. The molecule has 1 N–H and O–H groups in total. The second-order valence-electron chi connectivity index (χ2n) is 7.03. The van der Waals surface area contributed by atoms with E-state index in [2.05, 4.69) is 15.1 Å². The van der Waals surface area contributed by atoms with Crippen LogP contribution in [0, 0.1) is 6.92 Å². The van der Waals surface area contributed by atoms with Gasteiger partial charge in [-0.15, -0.1) is 0 Å². The van der Waals surface area contributed by atoms with Gasteiger partial charge in [-0.2, -0.15) is 0 Å². The van der Waals surface area contributed by atoms with Crippen LogP contribution in [0.3, 0.4) is 0 Å². The lowest BCUT2D eigenvalue weighted by atomic mass is 10.2. The number of anilines is 1. The van der Waals surface area contributed by atoms with Crippen LogP contribution in [0.5, 0.6) is 11.5 Å². The maximum absolute atomic E-state index is 12.4. The molecule has 2 aromatic carbocycles. The van der Waals surface area contributed by atoms with E-state index in [-0.39, 0.29) is 5.91 Å². The second-order valence-corrected chi connectivity index (χ2v) is 7.03. The summed E-state index contributed by atoms with van der Waals surface area (Å²) in [6.45, 7) is 7.61. The summed E-state index contributed by atoms with van der Waals surface area (Å²) >= 11 is 0. The van der Waals surface area contributed by atoms with Crippen LogP contribution in [-0.4, -0.2) is 68.7 Å². The van der Waals surface area contributed by atoms with Crippen molar-refractivity contribution in [1.82, 2.24) is 9.80 Å². The van der Waals surface area contributed by atoms with Gasteiger partial charge in [0.25, 0.3) is 0 Å². The first-order chi connectivity index (χ1) is 13.6. The molecule has 3 rings (SSSR count). The third kappa shape index (κ3) is 5.97. The zero-order valence-corrected chi connectivity index (χ0v) is 16.7. The van der Waals surface area contributed by atoms with Crippen molar-refractivity contribution >= 4 is 11.6 Å². The highest BCUT2D eigenvalue weighted by molar-refractivity contribution is 5.93. The Morgan fingerprint density at radius 3 is 2.46 bits per heavy atom. The predicted molar refractivity (Wildman–Crippen MR) is 111 cm³/mol. The lowest BCUT2D eigenvalue weighted by Gasteiger charge is -2.34. The summed E-state index contributed by atoms with van der Waals surface area (Å²) in [5, 5.41) is 2.97. The molecule has 0 radical (unpaired) electrons. The highest BCUT2D eigenvalue weighted by Gasteiger charge is 2.19. The van der Waals surface area contributed by atoms with Crippen LogP contribution in [0.2, 0.25) is 0 Å². The first-order valence-corrected chi connectivity index (χ1v) is 9.71. The summed E-state index contributed by atoms with van der Waals surface area (Å²) in [6.07, 6.45) is 0. The van der Waals surface area contributed by atoms with Gasteiger partial charge in [-0.1, -0.05) is 24.3 Å². The van der Waals surface area contributed by atoms with Crippen LogP contribution in [0.15, 0.2) is 48.5 Å². The first kappa shape index (κ1) is 20.2. The van der Waals surface area contributed by atoms with E-state index in [4.69, 9.17) is 9.47 Å². The van der Waals surface area contributed by atoms with Gasteiger partial charge >= 0.3 is 0 Å². The molecule has 1 fully saturated rings. The number of hydrogen-bond acceptors (Lipinski definition) is 5. The molecular formula is C22H29N3O3. The molecule has 0 saturated carbocycles. The van der Waals surface area contributed by atoms with Crippen molar-refractivity contribution in [2.45, 2.75) is 6.92 Å². The van der Waals surface area contributed by atoms with Gasteiger partial charge in [-0.05, 0) is 36.8 Å². The van der Waals surface area contributed by atoms with Crippen molar-refractivity contribution in [3.05, 3.63) is 54.1 Å². The van der Waals surface area contributed by atoms with Gasteiger partial charge in [-0.25, -0.2) is 0 Å². The topological polar surface area (TPSA) is 54.0 Å². The van der Waals surface area contributed by atoms with Crippen LogP contribution < -0.4 is 14.8 Å². The molecule has 6 nitrogen and oxygen atoms in total. The van der Waals surface area contributed by atoms with Crippen LogP contribution in [-0.2, 0) is 4.79 Å². The molecule has 1 heterocycles. The number of nitrogens with one attached hydrogen (secondary N) is 1. The molecular weight excluding hydrogens is 354 g/mol. The van der Waals surface area contributed by atoms with Crippen molar-refractivity contribution in [1.29, 1.82) is 0 Å². The van der Waals surface area contributed by atoms with Crippen LogP contribution >= 0.6 is 0 Å². The summed E-state index contributed by atoms with van der Waals surface area (Å²) < 4.78 is 11.1. The number of carbonyl (C=O) groups excluding carboxylic acids is 1. The van der Waals surface area contributed by atoms with Gasteiger partial charge < -0.3 is 14.8 Å². The number of amides is 1. The normalized spacial score (nSPS) is 15.2. The van der Waals surface area contributed by atoms with Crippen LogP contribution in [0.1, 0.15) is 5.56 Å². The second kappa shape index (κ2) is 10.1. The first-order valence-electron chi connectivity index (χ1n) is 9.71. The van der Waals surface area contributed by atoms with Crippen LogP contribution in [0.25, 0.3) is 0 Å². The van der Waals surface area contributed by atoms with Crippen molar-refractivity contribution < 1.29 is 14.3 Å². The van der Waals surface area contributed by atoms with E-state index in [0.29, 0.717) is 18.9 Å². The zero-order valence-electron chi connectivity index (χ0n) is 16.7. The summed E-state index contributed by atoms with van der Waals surface area (Å²) in [5.74, 6) is 1.58. The Hall–Kier alpha value is -2.57. The van der Waals surface area contributed by atoms with Crippen LogP contribution in [0.4, 0.5) is 5.69 Å². The number of hydrogen-bond donors (Lipinski definition) is 1. The minimum atomic E-state index is -0.00948. The minimum absolute atomic E-state index is 0.00948. The Bertz CT molecular complexity index is 759. The monoisotopic (exact) mass is 383 g/mol. The SMILES string of the molecule is COc1ccc(C)cc1NC(=O)CN1CCN(CCOc2ccccc2)CC1. The van der Waals surface area contributed by atoms with Crippen molar-refractivity contribution in [3.8, 4) is 11.5 Å². The van der Waals surface area contributed by atoms with Gasteiger partial charge in [0.05, 0.1) is 19.3 Å². The number of methoxy groups -OCH3 is 1. The fourth-order valence-electron chi connectivity index (χ4n) is 3.29. The lowest BCUT2D eigenvalue weighted by Crippen LogP contribution is -2.49. The largest absolute Gasteiger partial charge is 0.495 e. The van der Waals surface area contributed by atoms with Crippen molar-refractivity contribution in [2.75, 3.05) is 58.3 Å². The number of benzene rings is 2. The molecule has 0 atom stereocenters. The smallest absolute Gasteiger partial charge is 0.238 e. The summed E-state index contributed by atoms with van der Waals surface area (Å²) in [4.78, 5) is 17.0. The van der Waals surface area contributed by atoms with E-state index >= 15 is 0 Å². The maximum atomic E-state index is 12.4. The number of aryl methyl sites for hydroxylation is 1. The van der Waals surface area contributed by atoms with E-state index < -0.39 is 0 Å². The van der Waals surface area contributed by atoms with Crippen molar-refractivity contribution in [2.24, 2.45) is 0 Å². The number of nitrogens with zero attached hydrogens (tertiary/aromatic N) is 2. The molecule has 2 aromatic rings. The summed E-state index contributed by atoms with van der Waals surface area (Å²) in [6, 6.07) is 15.7. The molecule has 0 aliphatic carbocycles. The minimum Gasteiger partial charge on any atom is -0.495 e. The Morgan fingerprint density at radius 1 is 1.04 bits per heavy atom. The average Bonchev–Trinajstić information content (AvgIpc) is 2.70. The highest BCUT2D eigenvalue weighted by Crippen LogP contribution is 2.25. The van der Waals surface area contributed by atoms with Crippen molar-refractivity contribution in [3.63, 3.8) is 0 Å². The quantitative estimate of drug-likeness (QED) is 0.760. The Labute approximate surface area is 167 Å². The van der Waals surface area contributed by atoms with E-state index in [1.165, 1.54) is 0 Å². The molecule has 0 bridgehead atoms. The molecule has 6 heteroatoms. The standard InChI is InChI=1S/C22H29N3O3/c1-18-8-9-21(27-2)20(16-18)23-22(26)17-25-12-10-24(11-13-25)14-15-28-19-6-4-3-5-7-19/h3-9,16H,10-15,17H2,1-2H3,(H,23,26).